The molecule has 1 aromatic carbocycles. The van der Waals surface area contributed by atoms with E-state index in [4.69, 9.17) is 5.11 Å². The minimum Gasteiger partial charge on any atom is -0.481 e. The fourth-order valence-electron chi connectivity index (χ4n) is 2.44. The molecule has 1 unspecified atom stereocenters. The Bertz CT molecular complexity index is 585. The summed E-state index contributed by atoms with van der Waals surface area (Å²) in [5.41, 5.74) is -2.46. The summed E-state index contributed by atoms with van der Waals surface area (Å²) in [6.07, 6.45) is -5.79. The summed E-state index contributed by atoms with van der Waals surface area (Å²) in [4.78, 5) is 23.9. The molecule has 1 amide bonds. The van der Waals surface area contributed by atoms with Gasteiger partial charge in [0, 0.05) is 13.1 Å². The van der Waals surface area contributed by atoms with Crippen LogP contribution >= 0.6 is 0 Å². The lowest BCUT2D eigenvalue weighted by Gasteiger charge is -2.27. The number of alkyl halides is 3. The normalized spacial score (nSPS) is 21.9. The summed E-state index contributed by atoms with van der Waals surface area (Å²) < 4.78 is 51.8. The predicted molar refractivity (Wildman–Crippen MR) is 67.4 cm³/mol. The number of carboxylic acid groups (broad SMARTS) is 1. The molecule has 1 aromatic rings. The quantitative estimate of drug-likeness (QED) is 0.869. The highest BCUT2D eigenvalue weighted by Gasteiger charge is 2.64. The summed E-state index contributed by atoms with van der Waals surface area (Å²) in [7, 11) is 0. The van der Waals surface area contributed by atoms with E-state index < -0.39 is 42.3 Å². The van der Waals surface area contributed by atoms with Crippen molar-refractivity contribution in [2.24, 2.45) is 5.41 Å². The molecule has 120 valence electrons. The van der Waals surface area contributed by atoms with Gasteiger partial charge >= 0.3 is 12.1 Å². The zero-order valence-corrected chi connectivity index (χ0v) is 11.4. The third kappa shape index (κ3) is 2.90. The van der Waals surface area contributed by atoms with Crippen molar-refractivity contribution in [3.05, 3.63) is 35.6 Å². The number of halogens is 4. The van der Waals surface area contributed by atoms with Gasteiger partial charge in [0.1, 0.15) is 5.82 Å². The van der Waals surface area contributed by atoms with Crippen LogP contribution in [0.25, 0.3) is 0 Å². The molecule has 1 aliphatic rings. The summed E-state index contributed by atoms with van der Waals surface area (Å²) in [5.74, 6) is -3.07. The molecule has 0 saturated carbocycles. The first-order valence-corrected chi connectivity index (χ1v) is 6.48. The van der Waals surface area contributed by atoms with Crippen LogP contribution in [-0.2, 0) is 16.0 Å². The lowest BCUT2D eigenvalue weighted by Crippen LogP contribution is -2.47. The molecule has 8 heteroatoms. The van der Waals surface area contributed by atoms with Crippen molar-refractivity contribution >= 4 is 11.9 Å². The molecule has 0 radical (unpaired) electrons. The summed E-state index contributed by atoms with van der Waals surface area (Å²) in [6, 6.07) is 5.00. The zero-order chi connectivity index (χ0) is 16.5. The number of amides is 1. The van der Waals surface area contributed by atoms with Crippen molar-refractivity contribution in [1.29, 1.82) is 0 Å². The number of hydrogen-bond acceptors (Lipinski definition) is 2. The Kier molecular flexibility index (Phi) is 4.12. The number of hydrogen-bond donors (Lipinski definition) is 1. The van der Waals surface area contributed by atoms with Crippen molar-refractivity contribution in [2.45, 2.75) is 19.0 Å². The molecule has 0 spiro atoms. The Hall–Kier alpha value is -2.12. The number of benzene rings is 1. The van der Waals surface area contributed by atoms with Crippen LogP contribution in [0.1, 0.15) is 12.0 Å². The van der Waals surface area contributed by atoms with Gasteiger partial charge in [0.05, 0.1) is 6.42 Å². The highest BCUT2D eigenvalue weighted by atomic mass is 19.4. The molecule has 1 N–H and O–H groups in total. The molecule has 1 heterocycles. The SMILES string of the molecule is O=C(Cc1ccc(F)cc1)N1CCC(C(=O)O)(C(F)(F)F)C1. The van der Waals surface area contributed by atoms with E-state index in [2.05, 4.69) is 0 Å². The van der Waals surface area contributed by atoms with Gasteiger partial charge in [-0.3, -0.25) is 9.59 Å². The Morgan fingerprint density at radius 1 is 1.23 bits per heavy atom. The lowest BCUT2D eigenvalue weighted by atomic mass is 9.86. The van der Waals surface area contributed by atoms with E-state index in [0.29, 0.717) is 5.56 Å². The van der Waals surface area contributed by atoms with E-state index in [-0.39, 0.29) is 13.0 Å². The summed E-state index contributed by atoms with van der Waals surface area (Å²) >= 11 is 0. The molecular formula is C14H13F4NO3. The van der Waals surface area contributed by atoms with Crippen LogP contribution in [0, 0.1) is 11.2 Å². The van der Waals surface area contributed by atoms with Crippen molar-refractivity contribution in [1.82, 2.24) is 4.90 Å². The van der Waals surface area contributed by atoms with E-state index in [1.807, 2.05) is 0 Å². The van der Waals surface area contributed by atoms with Crippen LogP contribution in [0.5, 0.6) is 0 Å². The van der Waals surface area contributed by atoms with Gasteiger partial charge in [0.25, 0.3) is 0 Å². The number of carboxylic acids is 1. The molecule has 4 nitrogen and oxygen atoms in total. The first kappa shape index (κ1) is 16.3. The molecule has 22 heavy (non-hydrogen) atoms. The molecule has 1 aliphatic heterocycles. The summed E-state index contributed by atoms with van der Waals surface area (Å²) in [6.45, 7) is -1.17. The van der Waals surface area contributed by atoms with Crippen molar-refractivity contribution in [3.8, 4) is 0 Å². The number of aliphatic carboxylic acids is 1. The fraction of sp³-hybridized carbons (Fsp3) is 0.429. The average molecular weight is 319 g/mol. The topological polar surface area (TPSA) is 57.6 Å². The second kappa shape index (κ2) is 5.58. The van der Waals surface area contributed by atoms with E-state index >= 15 is 0 Å². The van der Waals surface area contributed by atoms with Crippen molar-refractivity contribution in [3.63, 3.8) is 0 Å². The first-order chi connectivity index (χ1) is 10.2. The second-order valence-electron chi connectivity index (χ2n) is 5.25. The Morgan fingerprint density at radius 2 is 1.82 bits per heavy atom. The Balaban J connectivity index is 2.10. The van der Waals surface area contributed by atoms with Gasteiger partial charge in [-0.25, -0.2) is 4.39 Å². The predicted octanol–water partition coefficient (Wildman–Crippen LogP) is 2.23. The van der Waals surface area contributed by atoms with Crippen LogP contribution in [0.2, 0.25) is 0 Å². The van der Waals surface area contributed by atoms with E-state index in [0.717, 1.165) is 17.0 Å². The number of rotatable bonds is 3. The van der Waals surface area contributed by atoms with Gasteiger partial charge in [-0.05, 0) is 24.1 Å². The molecule has 1 fully saturated rings. The van der Waals surface area contributed by atoms with Gasteiger partial charge < -0.3 is 10.0 Å². The van der Waals surface area contributed by atoms with Crippen LogP contribution < -0.4 is 0 Å². The smallest absolute Gasteiger partial charge is 0.406 e. The molecular weight excluding hydrogens is 306 g/mol. The zero-order valence-electron chi connectivity index (χ0n) is 11.4. The van der Waals surface area contributed by atoms with Gasteiger partial charge in [-0.2, -0.15) is 13.2 Å². The number of carbonyl (C=O) groups excluding carboxylic acids is 1. The maximum atomic E-state index is 13.0. The van der Waals surface area contributed by atoms with Crippen LogP contribution in [0.3, 0.4) is 0 Å². The largest absolute Gasteiger partial charge is 0.481 e. The van der Waals surface area contributed by atoms with E-state index in [9.17, 15) is 27.2 Å². The van der Waals surface area contributed by atoms with Gasteiger partial charge in [-0.15, -0.1) is 0 Å². The molecule has 2 rings (SSSR count). The van der Waals surface area contributed by atoms with Gasteiger partial charge in [0.2, 0.25) is 5.91 Å². The lowest BCUT2D eigenvalue weighted by molar-refractivity contribution is -0.227. The van der Waals surface area contributed by atoms with Crippen LogP contribution in [0.4, 0.5) is 17.6 Å². The third-order valence-corrected chi connectivity index (χ3v) is 3.84. The fourth-order valence-corrected chi connectivity index (χ4v) is 2.44. The van der Waals surface area contributed by atoms with Gasteiger partial charge in [0.15, 0.2) is 5.41 Å². The molecule has 0 aromatic heterocycles. The van der Waals surface area contributed by atoms with Crippen molar-refractivity contribution in [2.75, 3.05) is 13.1 Å². The van der Waals surface area contributed by atoms with Crippen LogP contribution in [-0.4, -0.2) is 41.1 Å². The number of carbonyl (C=O) groups is 2. The minimum absolute atomic E-state index is 0.201. The van der Waals surface area contributed by atoms with Gasteiger partial charge in [-0.1, -0.05) is 12.1 Å². The Morgan fingerprint density at radius 3 is 2.27 bits per heavy atom. The first-order valence-electron chi connectivity index (χ1n) is 6.48. The van der Waals surface area contributed by atoms with E-state index in [1.165, 1.54) is 12.1 Å². The Labute approximate surface area is 123 Å². The highest BCUT2D eigenvalue weighted by Crippen LogP contribution is 2.45. The standard InChI is InChI=1S/C14H13F4NO3/c15-10-3-1-9(2-4-10)7-11(20)19-6-5-13(8-19,12(21)22)14(16,17)18/h1-4H,5-8H2,(H,21,22). The molecule has 0 bridgehead atoms. The average Bonchev–Trinajstić information content (AvgIpc) is 2.87. The van der Waals surface area contributed by atoms with Crippen LogP contribution in [0.15, 0.2) is 24.3 Å². The van der Waals surface area contributed by atoms with E-state index in [1.54, 1.807) is 0 Å². The molecule has 1 atom stereocenters. The maximum Gasteiger partial charge on any atom is 0.406 e. The van der Waals surface area contributed by atoms with Crippen molar-refractivity contribution < 1.29 is 32.3 Å². The maximum absolute atomic E-state index is 13.0. The molecule has 1 saturated heterocycles. The number of nitrogens with zero attached hydrogens (tertiary/aromatic N) is 1. The minimum atomic E-state index is -4.93. The monoisotopic (exact) mass is 319 g/mol. The highest BCUT2D eigenvalue weighted by molar-refractivity contribution is 5.82. The molecule has 0 aliphatic carbocycles. The number of likely N-dealkylation sites (tertiary alicyclic amines) is 1. The third-order valence-electron chi connectivity index (χ3n) is 3.84. The second-order valence-corrected chi connectivity index (χ2v) is 5.25. The summed E-state index contributed by atoms with van der Waals surface area (Å²) in [5, 5.41) is 8.92.